The predicted molar refractivity (Wildman–Crippen MR) is 54.1 cm³/mol. The van der Waals surface area contributed by atoms with E-state index in [1.165, 1.54) is 12.8 Å². The van der Waals surface area contributed by atoms with E-state index in [0.29, 0.717) is 0 Å². The normalized spacial score (nSPS) is 34.4. The highest BCUT2D eigenvalue weighted by Crippen LogP contribution is 2.33. The van der Waals surface area contributed by atoms with Gasteiger partial charge in [0.05, 0.1) is 5.92 Å². The van der Waals surface area contributed by atoms with Gasteiger partial charge in [0, 0.05) is 12.6 Å². The lowest BCUT2D eigenvalue weighted by Gasteiger charge is -2.37. The van der Waals surface area contributed by atoms with Crippen molar-refractivity contribution in [3.05, 3.63) is 0 Å². The minimum atomic E-state index is -0.613. The number of carboxylic acid groups (broad SMARTS) is 1. The minimum absolute atomic E-state index is 0.137. The van der Waals surface area contributed by atoms with Gasteiger partial charge in [-0.05, 0) is 45.1 Å². The average Bonchev–Trinajstić information content (AvgIpc) is 2.92. The molecule has 0 bridgehead atoms. The summed E-state index contributed by atoms with van der Waals surface area (Å²) in [6.45, 7) is 4.30. The molecule has 2 rings (SSSR count). The Morgan fingerprint density at radius 2 is 2.14 bits per heavy atom. The molecule has 3 heteroatoms. The quantitative estimate of drug-likeness (QED) is 0.746. The summed E-state index contributed by atoms with van der Waals surface area (Å²) in [6.07, 6.45) is 4.60. The van der Waals surface area contributed by atoms with E-state index in [4.69, 9.17) is 5.11 Å². The smallest absolute Gasteiger partial charge is 0.308 e. The van der Waals surface area contributed by atoms with Crippen LogP contribution in [0.5, 0.6) is 0 Å². The molecule has 0 aromatic carbocycles. The fourth-order valence-electron chi connectivity index (χ4n) is 2.43. The number of piperidine rings is 1. The van der Waals surface area contributed by atoms with Crippen LogP contribution in [0.25, 0.3) is 0 Å². The van der Waals surface area contributed by atoms with Gasteiger partial charge in [-0.1, -0.05) is 0 Å². The first-order chi connectivity index (χ1) is 6.68. The molecule has 0 spiro atoms. The molecule has 1 N–H and O–H groups in total. The molecule has 2 fully saturated rings. The van der Waals surface area contributed by atoms with Crippen LogP contribution in [0.2, 0.25) is 0 Å². The lowest BCUT2D eigenvalue weighted by molar-refractivity contribution is -0.145. The molecular weight excluding hydrogens is 178 g/mol. The Morgan fingerprint density at radius 3 is 2.71 bits per heavy atom. The summed E-state index contributed by atoms with van der Waals surface area (Å²) in [7, 11) is 0. The molecular formula is C11H19NO2. The Labute approximate surface area is 85.1 Å². The standard InChI is InChI=1S/C11H19NO2/c1-8-10(11(13)14)3-2-6-12(8)7-9-4-5-9/h8-10H,2-7H2,1H3,(H,13,14). The Hall–Kier alpha value is -0.570. The van der Waals surface area contributed by atoms with Crippen LogP contribution in [-0.2, 0) is 4.79 Å². The van der Waals surface area contributed by atoms with E-state index in [-0.39, 0.29) is 12.0 Å². The molecule has 1 saturated heterocycles. The van der Waals surface area contributed by atoms with E-state index < -0.39 is 5.97 Å². The number of hydrogen-bond acceptors (Lipinski definition) is 2. The molecule has 1 heterocycles. The Balaban J connectivity index is 1.92. The van der Waals surface area contributed by atoms with Gasteiger partial charge in [-0.15, -0.1) is 0 Å². The van der Waals surface area contributed by atoms with Crippen molar-refractivity contribution in [2.75, 3.05) is 13.1 Å². The van der Waals surface area contributed by atoms with Gasteiger partial charge in [-0.25, -0.2) is 0 Å². The number of nitrogens with zero attached hydrogens (tertiary/aromatic N) is 1. The molecule has 80 valence electrons. The Bertz CT molecular complexity index is 225. The second kappa shape index (κ2) is 3.89. The largest absolute Gasteiger partial charge is 0.481 e. The summed E-state index contributed by atoms with van der Waals surface area (Å²) in [6, 6.07) is 0.238. The van der Waals surface area contributed by atoms with Crippen molar-refractivity contribution in [3.8, 4) is 0 Å². The zero-order chi connectivity index (χ0) is 10.1. The van der Waals surface area contributed by atoms with Crippen molar-refractivity contribution >= 4 is 5.97 Å². The summed E-state index contributed by atoms with van der Waals surface area (Å²) in [5.74, 6) is 0.116. The van der Waals surface area contributed by atoms with E-state index in [1.807, 2.05) is 0 Å². The third-order valence-corrected chi connectivity index (χ3v) is 3.63. The molecule has 2 aliphatic rings. The monoisotopic (exact) mass is 197 g/mol. The van der Waals surface area contributed by atoms with Gasteiger partial charge in [0.15, 0.2) is 0 Å². The summed E-state index contributed by atoms with van der Waals surface area (Å²) in [5.41, 5.74) is 0. The van der Waals surface area contributed by atoms with Gasteiger partial charge >= 0.3 is 5.97 Å². The second-order valence-corrected chi connectivity index (χ2v) is 4.77. The fraction of sp³-hybridized carbons (Fsp3) is 0.909. The topological polar surface area (TPSA) is 40.5 Å². The van der Waals surface area contributed by atoms with E-state index in [1.54, 1.807) is 0 Å². The molecule has 1 aliphatic carbocycles. The van der Waals surface area contributed by atoms with E-state index >= 15 is 0 Å². The SMILES string of the molecule is CC1C(C(=O)O)CCCN1CC1CC1. The Kier molecular flexibility index (Phi) is 2.77. The zero-order valence-corrected chi connectivity index (χ0v) is 8.78. The number of rotatable bonds is 3. The molecule has 0 radical (unpaired) electrons. The molecule has 3 nitrogen and oxygen atoms in total. The fourth-order valence-corrected chi connectivity index (χ4v) is 2.43. The number of carboxylic acids is 1. The van der Waals surface area contributed by atoms with E-state index in [0.717, 1.165) is 31.8 Å². The van der Waals surface area contributed by atoms with Crippen molar-refractivity contribution in [1.29, 1.82) is 0 Å². The summed E-state index contributed by atoms with van der Waals surface area (Å²) in [4.78, 5) is 13.4. The van der Waals surface area contributed by atoms with Crippen molar-refractivity contribution in [2.45, 2.75) is 38.6 Å². The highest BCUT2D eigenvalue weighted by molar-refractivity contribution is 5.70. The number of carbonyl (C=O) groups is 1. The second-order valence-electron chi connectivity index (χ2n) is 4.77. The highest BCUT2D eigenvalue weighted by atomic mass is 16.4. The Morgan fingerprint density at radius 1 is 1.43 bits per heavy atom. The number of hydrogen-bond donors (Lipinski definition) is 1. The predicted octanol–water partition coefficient (Wildman–Crippen LogP) is 1.58. The van der Waals surface area contributed by atoms with Gasteiger partial charge in [0.2, 0.25) is 0 Å². The lowest BCUT2D eigenvalue weighted by Crippen LogP contribution is -2.46. The van der Waals surface area contributed by atoms with E-state index in [2.05, 4.69) is 11.8 Å². The highest BCUT2D eigenvalue weighted by Gasteiger charge is 2.35. The van der Waals surface area contributed by atoms with Gasteiger partial charge in [0.25, 0.3) is 0 Å². The van der Waals surface area contributed by atoms with Crippen LogP contribution in [-0.4, -0.2) is 35.1 Å². The molecule has 2 atom stereocenters. The van der Waals surface area contributed by atoms with Crippen LogP contribution >= 0.6 is 0 Å². The van der Waals surface area contributed by atoms with Crippen molar-refractivity contribution < 1.29 is 9.90 Å². The van der Waals surface area contributed by atoms with Gasteiger partial charge in [-0.2, -0.15) is 0 Å². The lowest BCUT2D eigenvalue weighted by atomic mass is 9.90. The van der Waals surface area contributed by atoms with Crippen molar-refractivity contribution in [3.63, 3.8) is 0 Å². The third kappa shape index (κ3) is 2.08. The van der Waals surface area contributed by atoms with Crippen LogP contribution in [0.4, 0.5) is 0 Å². The molecule has 1 aliphatic heterocycles. The van der Waals surface area contributed by atoms with Crippen LogP contribution in [0.3, 0.4) is 0 Å². The minimum Gasteiger partial charge on any atom is -0.481 e. The summed E-state index contributed by atoms with van der Waals surface area (Å²) >= 11 is 0. The maximum Gasteiger partial charge on any atom is 0.308 e. The molecule has 0 amide bonds. The first-order valence-electron chi connectivity index (χ1n) is 5.65. The summed E-state index contributed by atoms with van der Waals surface area (Å²) < 4.78 is 0. The zero-order valence-electron chi connectivity index (χ0n) is 8.78. The average molecular weight is 197 g/mol. The number of likely N-dealkylation sites (tertiary alicyclic amines) is 1. The van der Waals surface area contributed by atoms with Gasteiger partial charge < -0.3 is 5.11 Å². The first kappa shape index (κ1) is 9.97. The van der Waals surface area contributed by atoms with Crippen LogP contribution < -0.4 is 0 Å². The molecule has 2 unspecified atom stereocenters. The third-order valence-electron chi connectivity index (χ3n) is 3.63. The van der Waals surface area contributed by atoms with Crippen molar-refractivity contribution in [1.82, 2.24) is 4.90 Å². The van der Waals surface area contributed by atoms with Crippen LogP contribution in [0, 0.1) is 11.8 Å². The number of aliphatic carboxylic acids is 1. The maximum absolute atomic E-state index is 11.0. The van der Waals surface area contributed by atoms with Crippen LogP contribution in [0.1, 0.15) is 32.6 Å². The van der Waals surface area contributed by atoms with Crippen molar-refractivity contribution in [2.24, 2.45) is 11.8 Å². The first-order valence-corrected chi connectivity index (χ1v) is 5.65. The maximum atomic E-state index is 11.0. The van der Waals surface area contributed by atoms with Crippen LogP contribution in [0.15, 0.2) is 0 Å². The molecule has 14 heavy (non-hydrogen) atoms. The van der Waals surface area contributed by atoms with E-state index in [9.17, 15) is 4.79 Å². The van der Waals surface area contributed by atoms with Gasteiger partial charge in [0.1, 0.15) is 0 Å². The van der Waals surface area contributed by atoms with Gasteiger partial charge in [-0.3, -0.25) is 9.69 Å². The molecule has 0 aromatic rings. The molecule has 1 saturated carbocycles. The summed E-state index contributed by atoms with van der Waals surface area (Å²) in [5, 5.41) is 9.05. The molecule has 0 aromatic heterocycles.